The molecule has 0 bridgehead atoms. The lowest BCUT2D eigenvalue weighted by molar-refractivity contribution is 0.410. The summed E-state index contributed by atoms with van der Waals surface area (Å²) in [5.74, 6) is -4.20. The number of hydrogen-bond acceptors (Lipinski definition) is 3. The monoisotopic (exact) mass is 313 g/mol. The molecule has 0 spiro atoms. The number of thioether (sulfide) groups is 1. The molecule has 0 heterocycles. The molecule has 1 atom stereocenters. The second-order valence-corrected chi connectivity index (χ2v) is 6.93. The molecule has 0 saturated carbocycles. The lowest BCUT2D eigenvalue weighted by atomic mass is 10.3. The van der Waals surface area contributed by atoms with E-state index in [1.54, 1.807) is 6.92 Å². The maximum absolute atomic E-state index is 13.1. The van der Waals surface area contributed by atoms with E-state index in [-0.39, 0.29) is 6.04 Å². The summed E-state index contributed by atoms with van der Waals surface area (Å²) in [5.41, 5.74) is 0. The van der Waals surface area contributed by atoms with Gasteiger partial charge in [0.25, 0.3) is 0 Å². The highest BCUT2D eigenvalue weighted by molar-refractivity contribution is 7.98. The van der Waals surface area contributed by atoms with Gasteiger partial charge in [0.2, 0.25) is 10.0 Å². The first-order valence-corrected chi connectivity index (χ1v) is 8.16. The quantitative estimate of drug-likeness (QED) is 0.784. The predicted octanol–water partition coefficient (Wildman–Crippen LogP) is 2.48. The molecule has 0 amide bonds. The van der Waals surface area contributed by atoms with Gasteiger partial charge in [-0.05, 0) is 25.3 Å². The molecule has 0 N–H and O–H groups in total. The lowest BCUT2D eigenvalue weighted by Crippen LogP contribution is -2.36. The van der Waals surface area contributed by atoms with Crippen LogP contribution in [0.4, 0.5) is 13.2 Å². The molecule has 0 aromatic heterocycles. The van der Waals surface area contributed by atoms with Crippen LogP contribution in [0.3, 0.4) is 0 Å². The van der Waals surface area contributed by atoms with Gasteiger partial charge in [-0.1, -0.05) is 0 Å². The molecule has 0 aliphatic carbocycles. The fourth-order valence-electron chi connectivity index (χ4n) is 1.43. The first-order valence-electron chi connectivity index (χ1n) is 5.33. The van der Waals surface area contributed by atoms with Crippen LogP contribution in [0.5, 0.6) is 0 Å². The molecule has 19 heavy (non-hydrogen) atoms. The molecular weight excluding hydrogens is 299 g/mol. The molecule has 0 saturated heterocycles. The van der Waals surface area contributed by atoms with Crippen molar-refractivity contribution in [2.24, 2.45) is 0 Å². The van der Waals surface area contributed by atoms with Crippen LogP contribution in [-0.4, -0.2) is 37.8 Å². The van der Waals surface area contributed by atoms with Gasteiger partial charge in [0.05, 0.1) is 4.90 Å². The number of benzene rings is 1. The minimum absolute atomic E-state index is 0.351. The Kier molecular flexibility index (Phi) is 5.28. The minimum Gasteiger partial charge on any atom is -0.207 e. The highest BCUT2D eigenvalue weighted by Crippen LogP contribution is 2.22. The molecule has 3 nitrogen and oxygen atoms in total. The van der Waals surface area contributed by atoms with Crippen LogP contribution >= 0.6 is 11.8 Å². The van der Waals surface area contributed by atoms with E-state index in [1.807, 2.05) is 6.26 Å². The molecule has 1 rings (SSSR count). The van der Waals surface area contributed by atoms with Crippen molar-refractivity contribution in [2.75, 3.05) is 19.1 Å². The summed E-state index contributed by atoms with van der Waals surface area (Å²) in [4.78, 5) is -0.598. The van der Waals surface area contributed by atoms with E-state index in [9.17, 15) is 21.6 Å². The van der Waals surface area contributed by atoms with E-state index >= 15 is 0 Å². The third-order valence-electron chi connectivity index (χ3n) is 2.66. The molecule has 0 fully saturated rings. The fraction of sp³-hybridized carbons (Fsp3) is 0.455. The van der Waals surface area contributed by atoms with Crippen molar-refractivity contribution in [1.29, 1.82) is 0 Å². The van der Waals surface area contributed by atoms with Crippen molar-refractivity contribution in [3.63, 3.8) is 0 Å². The summed E-state index contributed by atoms with van der Waals surface area (Å²) in [7, 11) is -2.73. The van der Waals surface area contributed by atoms with Gasteiger partial charge < -0.3 is 0 Å². The average Bonchev–Trinajstić information content (AvgIpc) is 2.34. The van der Waals surface area contributed by atoms with Crippen molar-refractivity contribution < 1.29 is 21.6 Å². The smallest absolute Gasteiger partial charge is 0.207 e. The average molecular weight is 313 g/mol. The molecule has 1 aromatic rings. The molecule has 0 aliphatic rings. The normalized spacial score (nSPS) is 13.8. The van der Waals surface area contributed by atoms with Crippen LogP contribution in [-0.2, 0) is 10.0 Å². The first-order chi connectivity index (χ1) is 8.71. The van der Waals surface area contributed by atoms with Crippen molar-refractivity contribution in [3.8, 4) is 0 Å². The van der Waals surface area contributed by atoms with E-state index in [1.165, 1.54) is 18.8 Å². The molecule has 8 heteroatoms. The van der Waals surface area contributed by atoms with Crippen LogP contribution in [0.15, 0.2) is 17.0 Å². The third kappa shape index (κ3) is 3.43. The fourth-order valence-corrected chi connectivity index (χ4v) is 3.62. The number of sulfonamides is 1. The van der Waals surface area contributed by atoms with Gasteiger partial charge in [-0.2, -0.15) is 16.1 Å². The number of hydrogen-bond donors (Lipinski definition) is 0. The first kappa shape index (κ1) is 16.3. The van der Waals surface area contributed by atoms with Crippen LogP contribution in [0.2, 0.25) is 0 Å². The zero-order valence-corrected chi connectivity index (χ0v) is 12.3. The highest BCUT2D eigenvalue weighted by Gasteiger charge is 2.27. The zero-order chi connectivity index (χ0) is 14.8. The van der Waals surface area contributed by atoms with Gasteiger partial charge in [-0.15, -0.1) is 0 Å². The zero-order valence-electron chi connectivity index (χ0n) is 10.7. The Morgan fingerprint density at radius 3 is 2.16 bits per heavy atom. The summed E-state index contributed by atoms with van der Waals surface area (Å²) in [6, 6.07) is 0.614. The van der Waals surface area contributed by atoms with Crippen molar-refractivity contribution in [2.45, 2.75) is 17.9 Å². The van der Waals surface area contributed by atoms with Crippen LogP contribution < -0.4 is 0 Å². The Hall–Kier alpha value is -0.730. The van der Waals surface area contributed by atoms with Gasteiger partial charge in [-0.3, -0.25) is 0 Å². The van der Waals surface area contributed by atoms with Gasteiger partial charge in [-0.25, -0.2) is 21.6 Å². The van der Waals surface area contributed by atoms with Gasteiger partial charge in [0.15, 0.2) is 17.5 Å². The number of nitrogens with zero attached hydrogens (tertiary/aromatic N) is 1. The molecule has 108 valence electrons. The van der Waals surface area contributed by atoms with Crippen molar-refractivity contribution in [3.05, 3.63) is 29.6 Å². The number of rotatable bonds is 5. The standard InChI is InChI=1S/C11H14F3NO2S2/c1-7(6-18-3)15(2)19(16,17)8-4-9(12)11(14)10(13)5-8/h4-5,7H,6H2,1-3H3. The maximum Gasteiger partial charge on any atom is 0.243 e. The SMILES string of the molecule is CSCC(C)N(C)S(=O)(=O)c1cc(F)c(F)c(F)c1. The highest BCUT2D eigenvalue weighted by atomic mass is 32.2. The van der Waals surface area contributed by atoms with Gasteiger partial charge in [0, 0.05) is 18.8 Å². The van der Waals surface area contributed by atoms with Crippen LogP contribution in [0.25, 0.3) is 0 Å². The Bertz CT molecular complexity index is 540. The van der Waals surface area contributed by atoms with Gasteiger partial charge in [0.1, 0.15) is 0 Å². The summed E-state index contributed by atoms with van der Waals surface area (Å²) in [5, 5.41) is 0. The van der Waals surface area contributed by atoms with E-state index in [0.717, 1.165) is 4.31 Å². The Morgan fingerprint density at radius 1 is 1.26 bits per heavy atom. The maximum atomic E-state index is 13.1. The lowest BCUT2D eigenvalue weighted by Gasteiger charge is -2.23. The van der Waals surface area contributed by atoms with E-state index in [4.69, 9.17) is 0 Å². The summed E-state index contributed by atoms with van der Waals surface area (Å²) in [6.45, 7) is 1.67. The van der Waals surface area contributed by atoms with Crippen molar-refractivity contribution >= 4 is 21.8 Å². The Balaban J connectivity index is 3.21. The topological polar surface area (TPSA) is 37.4 Å². The Morgan fingerprint density at radius 2 is 1.74 bits per heavy atom. The molecule has 1 aromatic carbocycles. The third-order valence-corrected chi connectivity index (χ3v) is 5.43. The number of halogens is 3. The van der Waals surface area contributed by atoms with E-state index < -0.39 is 32.4 Å². The second kappa shape index (κ2) is 6.15. The molecular formula is C11H14F3NO2S2. The van der Waals surface area contributed by atoms with E-state index in [0.29, 0.717) is 17.9 Å². The molecule has 0 aliphatic heterocycles. The van der Waals surface area contributed by atoms with Crippen LogP contribution in [0, 0.1) is 17.5 Å². The predicted molar refractivity (Wildman–Crippen MR) is 69.1 cm³/mol. The second-order valence-electron chi connectivity index (χ2n) is 4.03. The van der Waals surface area contributed by atoms with Crippen molar-refractivity contribution in [1.82, 2.24) is 4.31 Å². The van der Waals surface area contributed by atoms with E-state index in [2.05, 4.69) is 0 Å². The minimum atomic E-state index is -4.05. The largest absolute Gasteiger partial charge is 0.243 e. The Labute approximate surface area is 114 Å². The molecule has 0 radical (unpaired) electrons. The summed E-state index contributed by atoms with van der Waals surface area (Å²) in [6.07, 6.45) is 1.81. The molecule has 1 unspecified atom stereocenters. The van der Waals surface area contributed by atoms with Gasteiger partial charge >= 0.3 is 0 Å². The van der Waals surface area contributed by atoms with Crippen LogP contribution in [0.1, 0.15) is 6.92 Å². The summed E-state index contributed by atoms with van der Waals surface area (Å²) >= 11 is 1.44. The summed E-state index contributed by atoms with van der Waals surface area (Å²) < 4.78 is 64.2.